The molecule has 0 spiro atoms. The molecule has 0 radical (unpaired) electrons. The number of nitrogens with one attached hydrogen (secondary N) is 1. The predicted molar refractivity (Wildman–Crippen MR) is 115 cm³/mol. The minimum absolute atomic E-state index is 0.101. The van der Waals surface area contributed by atoms with Gasteiger partial charge in [0.1, 0.15) is 6.54 Å². The topological polar surface area (TPSA) is 93.5 Å². The first-order valence-electron chi connectivity index (χ1n) is 10.2. The molecule has 0 bridgehead atoms. The van der Waals surface area contributed by atoms with Crippen LogP contribution in [0.25, 0.3) is 0 Å². The number of amides is 1. The molecule has 1 aliphatic heterocycles. The summed E-state index contributed by atoms with van der Waals surface area (Å²) in [5.74, 6) is -0.416. The van der Waals surface area contributed by atoms with Gasteiger partial charge in [0, 0.05) is 31.5 Å². The first kappa shape index (κ1) is 21.5. The summed E-state index contributed by atoms with van der Waals surface area (Å²) in [6.45, 7) is 5.56. The van der Waals surface area contributed by atoms with Gasteiger partial charge in [0.25, 0.3) is 5.56 Å². The van der Waals surface area contributed by atoms with Crippen LogP contribution in [0.5, 0.6) is 0 Å². The fourth-order valence-electron chi connectivity index (χ4n) is 3.54. The Morgan fingerprint density at radius 3 is 2.83 bits per heavy atom. The summed E-state index contributed by atoms with van der Waals surface area (Å²) in [6, 6.07) is 5.01. The van der Waals surface area contributed by atoms with E-state index in [4.69, 9.17) is 0 Å². The van der Waals surface area contributed by atoms with Crippen LogP contribution >= 0.6 is 0 Å². The quantitative estimate of drug-likeness (QED) is 0.733. The van der Waals surface area contributed by atoms with E-state index in [1.165, 1.54) is 29.5 Å². The number of hydrogen-bond acceptors (Lipinski definition) is 6. The summed E-state index contributed by atoms with van der Waals surface area (Å²) in [6.07, 6.45) is 6.89. The Kier molecular flexibility index (Phi) is 6.87. The van der Waals surface area contributed by atoms with Gasteiger partial charge in [-0.3, -0.25) is 19.4 Å². The summed E-state index contributed by atoms with van der Waals surface area (Å²) >= 11 is 0. The fraction of sp³-hybridized carbons (Fsp3) is 0.455. The number of pyridine rings is 2. The maximum Gasteiger partial charge on any atom is 0.325 e. The van der Waals surface area contributed by atoms with Crippen molar-refractivity contribution in [3.8, 4) is 0 Å². The van der Waals surface area contributed by atoms with Crippen molar-refractivity contribution in [3.05, 3.63) is 52.7 Å². The minimum Gasteiger partial charge on any atom is -0.468 e. The molecule has 160 valence electrons. The van der Waals surface area contributed by atoms with Crippen molar-refractivity contribution in [3.63, 3.8) is 0 Å². The molecule has 1 aliphatic rings. The average Bonchev–Trinajstić information content (AvgIpc) is 2.76. The number of methoxy groups -OCH3 is 1. The van der Waals surface area contributed by atoms with E-state index in [9.17, 15) is 14.4 Å². The number of nitrogens with zero attached hydrogens (tertiary/aromatic N) is 3. The zero-order chi connectivity index (χ0) is 21.7. The van der Waals surface area contributed by atoms with Gasteiger partial charge in [0.2, 0.25) is 5.91 Å². The molecule has 1 atom stereocenters. The van der Waals surface area contributed by atoms with E-state index in [0.29, 0.717) is 18.2 Å². The highest BCUT2D eigenvalue weighted by atomic mass is 16.5. The van der Waals surface area contributed by atoms with Gasteiger partial charge >= 0.3 is 5.97 Å². The molecule has 2 aromatic rings. The molecule has 1 N–H and O–H groups in total. The molecule has 1 saturated heterocycles. The normalized spacial score (nSPS) is 16.4. The zero-order valence-corrected chi connectivity index (χ0v) is 17.6. The highest BCUT2D eigenvalue weighted by Gasteiger charge is 2.26. The lowest BCUT2D eigenvalue weighted by Gasteiger charge is -2.33. The van der Waals surface area contributed by atoms with E-state index in [0.717, 1.165) is 25.1 Å². The Morgan fingerprint density at radius 1 is 1.30 bits per heavy atom. The van der Waals surface area contributed by atoms with Gasteiger partial charge < -0.3 is 19.5 Å². The van der Waals surface area contributed by atoms with Crippen LogP contribution in [-0.2, 0) is 20.9 Å². The van der Waals surface area contributed by atoms with E-state index < -0.39 is 5.97 Å². The zero-order valence-electron chi connectivity index (χ0n) is 17.6. The van der Waals surface area contributed by atoms with Crippen LogP contribution in [-0.4, -0.2) is 41.6 Å². The lowest BCUT2D eigenvalue weighted by molar-refractivity contribution is -0.141. The Hall–Kier alpha value is -3.16. The average molecular weight is 412 g/mol. The standard InChI is InChI=1S/C22H28N4O4/c1-15(2)17-9-19(11-23-10-17)25-8-4-5-16(12-25)22(29)24-18-6-7-20(27)26(13-18)14-21(28)30-3/h6-7,9-11,13,15-16H,4-5,8,12,14H2,1-3H3,(H,24,29). The molecule has 1 fully saturated rings. The van der Waals surface area contributed by atoms with Gasteiger partial charge in [0.15, 0.2) is 0 Å². The van der Waals surface area contributed by atoms with Gasteiger partial charge in [0.05, 0.1) is 30.6 Å². The van der Waals surface area contributed by atoms with Gasteiger partial charge in [-0.05, 0) is 36.5 Å². The van der Waals surface area contributed by atoms with Crippen molar-refractivity contribution in [2.45, 2.75) is 39.2 Å². The Morgan fingerprint density at radius 2 is 2.10 bits per heavy atom. The molecular formula is C22H28N4O4. The van der Waals surface area contributed by atoms with Crippen molar-refractivity contribution in [2.75, 3.05) is 30.4 Å². The molecule has 30 heavy (non-hydrogen) atoms. The van der Waals surface area contributed by atoms with Crippen LogP contribution in [0.2, 0.25) is 0 Å². The molecule has 1 unspecified atom stereocenters. The predicted octanol–water partition coefficient (Wildman–Crippen LogP) is 2.39. The maximum absolute atomic E-state index is 12.9. The van der Waals surface area contributed by atoms with Gasteiger partial charge in [-0.25, -0.2) is 0 Å². The minimum atomic E-state index is -0.527. The van der Waals surface area contributed by atoms with Crippen LogP contribution in [0.15, 0.2) is 41.6 Å². The van der Waals surface area contributed by atoms with Crippen molar-refractivity contribution >= 4 is 23.3 Å². The summed E-state index contributed by atoms with van der Waals surface area (Å²) in [5, 5.41) is 2.88. The first-order valence-corrected chi connectivity index (χ1v) is 10.2. The SMILES string of the molecule is COC(=O)Cn1cc(NC(=O)C2CCCN(c3cncc(C(C)C)c3)C2)ccc1=O. The molecule has 1 amide bonds. The van der Waals surface area contributed by atoms with E-state index in [1.54, 1.807) is 6.07 Å². The van der Waals surface area contributed by atoms with E-state index in [1.807, 2.05) is 12.4 Å². The first-order chi connectivity index (χ1) is 14.4. The van der Waals surface area contributed by atoms with Crippen molar-refractivity contribution < 1.29 is 14.3 Å². The number of rotatable bonds is 6. The number of hydrogen-bond donors (Lipinski definition) is 1. The Balaban J connectivity index is 1.68. The van der Waals surface area contributed by atoms with E-state index in [-0.39, 0.29) is 23.9 Å². The summed E-state index contributed by atoms with van der Waals surface area (Å²) in [4.78, 5) is 42.8. The van der Waals surface area contributed by atoms with Crippen LogP contribution in [0.4, 0.5) is 11.4 Å². The van der Waals surface area contributed by atoms with E-state index >= 15 is 0 Å². The number of carbonyl (C=O) groups is 2. The van der Waals surface area contributed by atoms with Crippen LogP contribution in [0.1, 0.15) is 38.2 Å². The lowest BCUT2D eigenvalue weighted by Crippen LogP contribution is -2.41. The van der Waals surface area contributed by atoms with Gasteiger partial charge in [-0.1, -0.05) is 13.8 Å². The molecule has 0 saturated carbocycles. The lowest BCUT2D eigenvalue weighted by atomic mass is 9.96. The third-order valence-corrected chi connectivity index (χ3v) is 5.35. The van der Waals surface area contributed by atoms with Gasteiger partial charge in [-0.2, -0.15) is 0 Å². The van der Waals surface area contributed by atoms with Crippen LogP contribution in [0.3, 0.4) is 0 Å². The fourth-order valence-corrected chi connectivity index (χ4v) is 3.54. The number of aromatic nitrogens is 2. The van der Waals surface area contributed by atoms with Crippen LogP contribution < -0.4 is 15.8 Å². The molecule has 8 heteroatoms. The maximum atomic E-state index is 12.9. The summed E-state index contributed by atoms with van der Waals surface area (Å²) in [5.41, 5.74) is 2.35. The third-order valence-electron chi connectivity index (χ3n) is 5.35. The second kappa shape index (κ2) is 9.56. The molecule has 3 rings (SSSR count). The molecule has 2 aromatic heterocycles. The smallest absolute Gasteiger partial charge is 0.325 e. The molecule has 0 aromatic carbocycles. The number of carbonyl (C=O) groups excluding carboxylic acids is 2. The summed E-state index contributed by atoms with van der Waals surface area (Å²) < 4.78 is 5.83. The molecule has 0 aliphatic carbocycles. The molecule has 3 heterocycles. The summed E-state index contributed by atoms with van der Waals surface area (Å²) in [7, 11) is 1.26. The largest absolute Gasteiger partial charge is 0.468 e. The highest BCUT2D eigenvalue weighted by Crippen LogP contribution is 2.26. The highest BCUT2D eigenvalue weighted by molar-refractivity contribution is 5.93. The van der Waals surface area contributed by atoms with Crippen molar-refractivity contribution in [1.29, 1.82) is 0 Å². The second-order valence-electron chi connectivity index (χ2n) is 7.87. The monoisotopic (exact) mass is 412 g/mol. The van der Waals surface area contributed by atoms with E-state index in [2.05, 4.69) is 39.9 Å². The number of anilines is 2. The number of piperidine rings is 1. The van der Waals surface area contributed by atoms with Crippen LogP contribution in [0, 0.1) is 5.92 Å². The second-order valence-corrected chi connectivity index (χ2v) is 7.87. The van der Waals surface area contributed by atoms with Crippen molar-refractivity contribution in [1.82, 2.24) is 9.55 Å². The Labute approximate surface area is 175 Å². The molecule has 8 nitrogen and oxygen atoms in total. The molecular weight excluding hydrogens is 384 g/mol. The van der Waals surface area contributed by atoms with Gasteiger partial charge in [-0.15, -0.1) is 0 Å². The van der Waals surface area contributed by atoms with Crippen molar-refractivity contribution in [2.24, 2.45) is 5.92 Å². The Bertz CT molecular complexity index is 970. The number of ether oxygens (including phenoxy) is 1. The number of esters is 1. The third kappa shape index (κ3) is 5.25.